The fraction of sp³-hybridized carbons (Fsp3) is 0.500. The van der Waals surface area contributed by atoms with Crippen molar-refractivity contribution in [2.45, 2.75) is 26.3 Å². The van der Waals surface area contributed by atoms with Crippen LogP contribution in [0.3, 0.4) is 0 Å². The van der Waals surface area contributed by atoms with Gasteiger partial charge in [-0.05, 0) is 30.5 Å². The van der Waals surface area contributed by atoms with Crippen molar-refractivity contribution in [2.24, 2.45) is 5.92 Å². The van der Waals surface area contributed by atoms with Gasteiger partial charge < -0.3 is 15.4 Å². The average molecular weight is 361 g/mol. The quantitative estimate of drug-likeness (QED) is 0.700. The number of hydrogen-bond acceptors (Lipinski definition) is 3. The van der Waals surface area contributed by atoms with Crippen LogP contribution in [0.5, 0.6) is 0 Å². The second-order valence-electron chi connectivity index (χ2n) is 5.56. The molecule has 0 aliphatic rings. The summed E-state index contributed by atoms with van der Waals surface area (Å²) in [5.74, 6) is -0.400. The zero-order valence-electron chi connectivity index (χ0n) is 13.5. The van der Waals surface area contributed by atoms with E-state index >= 15 is 0 Å². The summed E-state index contributed by atoms with van der Waals surface area (Å²) in [7, 11) is 1.56. The van der Waals surface area contributed by atoms with Crippen LogP contribution in [0.15, 0.2) is 18.2 Å². The van der Waals surface area contributed by atoms with Crippen LogP contribution in [0.25, 0.3) is 0 Å². The molecular formula is C16H22Cl2N2O3. The van der Waals surface area contributed by atoms with Gasteiger partial charge in [0.1, 0.15) is 6.04 Å². The molecule has 1 rings (SSSR count). The predicted octanol–water partition coefficient (Wildman–Crippen LogP) is 2.90. The summed E-state index contributed by atoms with van der Waals surface area (Å²) in [5.41, 5.74) is 0.287. The third kappa shape index (κ3) is 6.77. The maximum absolute atomic E-state index is 12.4. The normalized spacial score (nSPS) is 12.1. The second kappa shape index (κ2) is 9.75. The summed E-state index contributed by atoms with van der Waals surface area (Å²) in [6, 6.07) is 3.98. The summed E-state index contributed by atoms with van der Waals surface area (Å²) in [6.07, 6.45) is 0.524. The molecule has 1 aromatic carbocycles. The summed E-state index contributed by atoms with van der Waals surface area (Å²) < 4.78 is 4.90. The first-order valence-electron chi connectivity index (χ1n) is 7.37. The van der Waals surface area contributed by atoms with Crippen LogP contribution < -0.4 is 10.6 Å². The Morgan fingerprint density at radius 2 is 1.96 bits per heavy atom. The van der Waals surface area contributed by atoms with E-state index in [2.05, 4.69) is 10.6 Å². The van der Waals surface area contributed by atoms with E-state index in [1.807, 2.05) is 13.8 Å². The van der Waals surface area contributed by atoms with Crippen molar-refractivity contribution in [3.8, 4) is 0 Å². The van der Waals surface area contributed by atoms with Gasteiger partial charge >= 0.3 is 0 Å². The SMILES string of the molecule is COCCNC(=O)C(CC(C)C)NC(=O)c1ccc(Cl)cc1Cl. The van der Waals surface area contributed by atoms with E-state index in [0.717, 1.165) is 0 Å². The Labute approximate surface area is 146 Å². The second-order valence-corrected chi connectivity index (χ2v) is 6.41. The number of halogens is 2. The van der Waals surface area contributed by atoms with Crippen LogP contribution in [-0.4, -0.2) is 38.1 Å². The van der Waals surface area contributed by atoms with Crippen molar-refractivity contribution in [3.05, 3.63) is 33.8 Å². The van der Waals surface area contributed by atoms with Crippen molar-refractivity contribution in [3.63, 3.8) is 0 Å². The van der Waals surface area contributed by atoms with Gasteiger partial charge in [0, 0.05) is 18.7 Å². The highest BCUT2D eigenvalue weighted by Gasteiger charge is 2.23. The van der Waals surface area contributed by atoms with Gasteiger partial charge in [0.25, 0.3) is 5.91 Å². The predicted molar refractivity (Wildman–Crippen MR) is 92.1 cm³/mol. The third-order valence-corrected chi connectivity index (χ3v) is 3.66. The van der Waals surface area contributed by atoms with Crippen molar-refractivity contribution < 1.29 is 14.3 Å². The van der Waals surface area contributed by atoms with Gasteiger partial charge in [0.15, 0.2) is 0 Å². The van der Waals surface area contributed by atoms with Crippen LogP contribution in [0.4, 0.5) is 0 Å². The van der Waals surface area contributed by atoms with E-state index in [9.17, 15) is 9.59 Å². The van der Waals surface area contributed by atoms with Gasteiger partial charge in [-0.3, -0.25) is 9.59 Å². The number of benzene rings is 1. The molecule has 0 spiro atoms. The van der Waals surface area contributed by atoms with Crippen molar-refractivity contribution in [2.75, 3.05) is 20.3 Å². The Balaban J connectivity index is 2.79. The number of nitrogens with one attached hydrogen (secondary N) is 2. The van der Waals surface area contributed by atoms with Gasteiger partial charge in [-0.15, -0.1) is 0 Å². The maximum atomic E-state index is 12.4. The molecule has 0 aromatic heterocycles. The molecule has 2 amide bonds. The third-order valence-electron chi connectivity index (χ3n) is 3.11. The molecule has 0 heterocycles. The van der Waals surface area contributed by atoms with Crippen LogP contribution in [0.2, 0.25) is 10.0 Å². The lowest BCUT2D eigenvalue weighted by atomic mass is 10.0. The molecule has 128 valence electrons. The van der Waals surface area contributed by atoms with Gasteiger partial charge in [0.2, 0.25) is 5.91 Å². The minimum Gasteiger partial charge on any atom is -0.383 e. The van der Waals surface area contributed by atoms with Gasteiger partial charge in [0.05, 0.1) is 17.2 Å². The maximum Gasteiger partial charge on any atom is 0.253 e. The molecule has 23 heavy (non-hydrogen) atoms. The van der Waals surface area contributed by atoms with E-state index in [1.54, 1.807) is 13.2 Å². The molecule has 0 aliphatic carbocycles. The first-order chi connectivity index (χ1) is 10.8. The molecule has 5 nitrogen and oxygen atoms in total. The molecule has 1 unspecified atom stereocenters. The first-order valence-corrected chi connectivity index (χ1v) is 8.13. The van der Waals surface area contributed by atoms with Crippen LogP contribution in [0.1, 0.15) is 30.6 Å². The zero-order valence-corrected chi connectivity index (χ0v) is 15.0. The fourth-order valence-corrected chi connectivity index (χ4v) is 2.51. The molecule has 0 radical (unpaired) electrons. The van der Waals surface area contributed by atoms with E-state index in [4.69, 9.17) is 27.9 Å². The Bertz CT molecular complexity index is 550. The van der Waals surface area contributed by atoms with E-state index in [0.29, 0.717) is 24.6 Å². The number of carbonyl (C=O) groups excluding carboxylic acids is 2. The van der Waals surface area contributed by atoms with Crippen molar-refractivity contribution >= 4 is 35.0 Å². The Hall–Kier alpha value is -1.30. The van der Waals surface area contributed by atoms with Crippen LogP contribution in [0, 0.1) is 5.92 Å². The summed E-state index contributed by atoms with van der Waals surface area (Å²) in [6.45, 7) is 4.77. The monoisotopic (exact) mass is 360 g/mol. The minimum atomic E-state index is -0.633. The Kier molecular flexibility index (Phi) is 8.37. The van der Waals surface area contributed by atoms with Crippen molar-refractivity contribution in [1.29, 1.82) is 0 Å². The van der Waals surface area contributed by atoms with E-state index in [1.165, 1.54) is 12.1 Å². The molecule has 0 aliphatic heterocycles. The van der Waals surface area contributed by atoms with Gasteiger partial charge in [-0.2, -0.15) is 0 Å². The topological polar surface area (TPSA) is 67.4 Å². The highest BCUT2D eigenvalue weighted by molar-refractivity contribution is 6.36. The molecule has 0 bridgehead atoms. The number of methoxy groups -OCH3 is 1. The Morgan fingerprint density at radius 1 is 1.26 bits per heavy atom. The first kappa shape index (κ1) is 19.7. The molecule has 0 fully saturated rings. The summed E-state index contributed by atoms with van der Waals surface area (Å²) in [5, 5.41) is 6.16. The number of hydrogen-bond donors (Lipinski definition) is 2. The Morgan fingerprint density at radius 3 is 2.52 bits per heavy atom. The number of ether oxygens (including phenoxy) is 1. The number of rotatable bonds is 8. The molecule has 2 N–H and O–H groups in total. The van der Waals surface area contributed by atoms with Gasteiger partial charge in [-0.25, -0.2) is 0 Å². The van der Waals surface area contributed by atoms with Crippen LogP contribution in [-0.2, 0) is 9.53 Å². The average Bonchev–Trinajstić information content (AvgIpc) is 2.46. The molecule has 0 saturated heterocycles. The zero-order chi connectivity index (χ0) is 17.4. The highest BCUT2D eigenvalue weighted by atomic mass is 35.5. The summed E-state index contributed by atoms with van der Waals surface area (Å²) >= 11 is 11.9. The standard InChI is InChI=1S/C16H22Cl2N2O3/c1-10(2)8-14(16(22)19-6-7-23-3)20-15(21)12-5-4-11(17)9-13(12)18/h4-5,9-10,14H,6-8H2,1-3H3,(H,19,22)(H,20,21). The molecular weight excluding hydrogens is 339 g/mol. The lowest BCUT2D eigenvalue weighted by Gasteiger charge is -2.20. The van der Waals surface area contributed by atoms with E-state index in [-0.39, 0.29) is 22.4 Å². The van der Waals surface area contributed by atoms with Crippen molar-refractivity contribution in [1.82, 2.24) is 10.6 Å². The summed E-state index contributed by atoms with van der Waals surface area (Å²) in [4.78, 5) is 24.6. The number of carbonyl (C=O) groups is 2. The van der Waals surface area contributed by atoms with Gasteiger partial charge in [-0.1, -0.05) is 37.0 Å². The van der Waals surface area contributed by atoms with E-state index < -0.39 is 11.9 Å². The molecule has 7 heteroatoms. The lowest BCUT2D eigenvalue weighted by molar-refractivity contribution is -0.123. The number of amides is 2. The largest absolute Gasteiger partial charge is 0.383 e. The molecule has 1 aromatic rings. The molecule has 1 atom stereocenters. The fourth-order valence-electron chi connectivity index (χ4n) is 2.01. The molecule has 0 saturated carbocycles. The minimum absolute atomic E-state index is 0.241. The smallest absolute Gasteiger partial charge is 0.253 e. The van der Waals surface area contributed by atoms with Crippen LogP contribution >= 0.6 is 23.2 Å². The highest BCUT2D eigenvalue weighted by Crippen LogP contribution is 2.21. The lowest BCUT2D eigenvalue weighted by Crippen LogP contribution is -2.48.